The minimum Gasteiger partial charge on any atom is -0.317 e. The second-order valence-corrected chi connectivity index (χ2v) is 6.42. The van der Waals surface area contributed by atoms with Crippen molar-refractivity contribution in [1.82, 2.24) is 10.2 Å². The predicted molar refractivity (Wildman–Crippen MR) is 80.2 cm³/mol. The maximum Gasteiger partial charge on any atom is 0.123 e. The molecular formula is C17H25FN2. The Bertz CT molecular complexity index is 450. The molecule has 2 fully saturated rings. The first-order chi connectivity index (χ1) is 9.72. The van der Waals surface area contributed by atoms with Gasteiger partial charge in [-0.2, -0.15) is 0 Å². The summed E-state index contributed by atoms with van der Waals surface area (Å²) < 4.78 is 13.4. The van der Waals surface area contributed by atoms with Gasteiger partial charge in [0.05, 0.1) is 0 Å². The van der Waals surface area contributed by atoms with E-state index in [2.05, 4.69) is 17.1 Å². The Morgan fingerprint density at radius 2 is 1.95 bits per heavy atom. The fraction of sp³-hybridized carbons (Fsp3) is 0.647. The highest BCUT2D eigenvalue weighted by Gasteiger charge is 2.31. The third-order valence-electron chi connectivity index (χ3n) is 4.70. The Morgan fingerprint density at radius 1 is 1.20 bits per heavy atom. The van der Waals surface area contributed by atoms with E-state index in [-0.39, 0.29) is 5.82 Å². The number of piperidine rings is 1. The zero-order valence-corrected chi connectivity index (χ0v) is 12.4. The molecule has 0 unspecified atom stereocenters. The van der Waals surface area contributed by atoms with Gasteiger partial charge < -0.3 is 5.32 Å². The van der Waals surface area contributed by atoms with Crippen molar-refractivity contribution in [3.8, 4) is 0 Å². The van der Waals surface area contributed by atoms with E-state index in [1.54, 1.807) is 12.1 Å². The van der Waals surface area contributed by atoms with E-state index in [1.165, 1.54) is 37.8 Å². The number of nitrogens with one attached hydrogen (secondary N) is 1. The lowest BCUT2D eigenvalue weighted by Crippen LogP contribution is -2.37. The summed E-state index contributed by atoms with van der Waals surface area (Å²) in [6.45, 7) is 6.50. The Balaban J connectivity index is 1.66. The predicted octanol–water partition coefficient (Wildman–Crippen LogP) is 3.10. The van der Waals surface area contributed by atoms with E-state index < -0.39 is 0 Å². The SMILES string of the molecule is Cc1ccc(F)cc1CN(CC1CCNCC1)C1CC1. The first-order valence-electron chi connectivity index (χ1n) is 7.92. The van der Waals surface area contributed by atoms with Crippen LogP contribution in [0.5, 0.6) is 0 Å². The topological polar surface area (TPSA) is 15.3 Å². The highest BCUT2D eigenvalue weighted by molar-refractivity contribution is 5.26. The van der Waals surface area contributed by atoms with Gasteiger partial charge in [0.25, 0.3) is 0 Å². The molecule has 1 saturated heterocycles. The molecule has 0 radical (unpaired) electrons. The second-order valence-electron chi connectivity index (χ2n) is 6.42. The largest absolute Gasteiger partial charge is 0.317 e. The van der Waals surface area contributed by atoms with Crippen LogP contribution in [0.4, 0.5) is 4.39 Å². The van der Waals surface area contributed by atoms with Crippen molar-refractivity contribution in [3.63, 3.8) is 0 Å². The van der Waals surface area contributed by atoms with Gasteiger partial charge in [-0.05, 0) is 74.9 Å². The van der Waals surface area contributed by atoms with Gasteiger partial charge >= 0.3 is 0 Å². The van der Waals surface area contributed by atoms with Crippen LogP contribution >= 0.6 is 0 Å². The lowest BCUT2D eigenvalue weighted by molar-refractivity contribution is 0.190. The number of aryl methyl sites for hydroxylation is 1. The smallest absolute Gasteiger partial charge is 0.123 e. The summed E-state index contributed by atoms with van der Waals surface area (Å²) in [5.74, 6) is 0.703. The fourth-order valence-electron chi connectivity index (χ4n) is 3.21. The summed E-state index contributed by atoms with van der Waals surface area (Å²) >= 11 is 0. The summed E-state index contributed by atoms with van der Waals surface area (Å²) in [5, 5.41) is 3.43. The number of hydrogen-bond donors (Lipinski definition) is 1. The Labute approximate surface area is 121 Å². The first kappa shape index (κ1) is 14.0. The normalized spacial score (nSPS) is 20.6. The molecule has 2 nitrogen and oxygen atoms in total. The van der Waals surface area contributed by atoms with Gasteiger partial charge in [0, 0.05) is 19.1 Å². The van der Waals surface area contributed by atoms with Gasteiger partial charge in [0.15, 0.2) is 0 Å². The molecule has 0 bridgehead atoms. The number of rotatable bonds is 5. The van der Waals surface area contributed by atoms with Gasteiger partial charge in [0.1, 0.15) is 5.82 Å². The zero-order chi connectivity index (χ0) is 13.9. The third kappa shape index (κ3) is 3.58. The summed E-state index contributed by atoms with van der Waals surface area (Å²) in [5.41, 5.74) is 2.37. The molecule has 1 aliphatic carbocycles. The molecule has 1 aliphatic heterocycles. The number of halogens is 1. The lowest BCUT2D eigenvalue weighted by atomic mass is 9.97. The van der Waals surface area contributed by atoms with Crippen LogP contribution in [0, 0.1) is 18.7 Å². The molecule has 2 aliphatic rings. The molecule has 0 amide bonds. The Kier molecular flexibility index (Phi) is 4.37. The van der Waals surface area contributed by atoms with Gasteiger partial charge in [-0.25, -0.2) is 4.39 Å². The summed E-state index contributed by atoms with van der Waals surface area (Å²) in [6.07, 6.45) is 5.20. The van der Waals surface area contributed by atoms with E-state index in [4.69, 9.17) is 0 Å². The first-order valence-corrected chi connectivity index (χ1v) is 7.92. The van der Waals surface area contributed by atoms with E-state index in [0.29, 0.717) is 0 Å². The van der Waals surface area contributed by atoms with Crippen molar-refractivity contribution in [2.45, 2.75) is 45.2 Å². The van der Waals surface area contributed by atoms with Crippen LogP contribution in [0.3, 0.4) is 0 Å². The van der Waals surface area contributed by atoms with Crippen molar-refractivity contribution in [2.75, 3.05) is 19.6 Å². The summed E-state index contributed by atoms with van der Waals surface area (Å²) in [4.78, 5) is 2.60. The van der Waals surface area contributed by atoms with Crippen LogP contribution in [-0.2, 0) is 6.54 Å². The van der Waals surface area contributed by atoms with Crippen molar-refractivity contribution in [3.05, 3.63) is 35.1 Å². The molecule has 20 heavy (non-hydrogen) atoms. The van der Waals surface area contributed by atoms with Crippen LogP contribution in [0.15, 0.2) is 18.2 Å². The molecule has 3 heteroatoms. The van der Waals surface area contributed by atoms with Crippen LogP contribution in [0.25, 0.3) is 0 Å². The van der Waals surface area contributed by atoms with Crippen molar-refractivity contribution in [2.24, 2.45) is 5.92 Å². The van der Waals surface area contributed by atoms with Crippen molar-refractivity contribution in [1.29, 1.82) is 0 Å². The molecule has 1 aromatic rings. The molecule has 1 saturated carbocycles. The summed E-state index contributed by atoms with van der Waals surface area (Å²) in [7, 11) is 0. The minimum atomic E-state index is -0.108. The highest BCUT2D eigenvalue weighted by Crippen LogP contribution is 2.31. The molecule has 3 rings (SSSR count). The van der Waals surface area contributed by atoms with E-state index >= 15 is 0 Å². The maximum atomic E-state index is 13.4. The molecule has 110 valence electrons. The van der Waals surface area contributed by atoms with Crippen LogP contribution in [-0.4, -0.2) is 30.6 Å². The molecule has 0 aromatic heterocycles. The Hall–Kier alpha value is -0.930. The molecule has 1 aromatic carbocycles. The molecule has 1 N–H and O–H groups in total. The van der Waals surface area contributed by atoms with Crippen LogP contribution in [0.1, 0.15) is 36.8 Å². The number of hydrogen-bond acceptors (Lipinski definition) is 2. The molecule has 1 heterocycles. The Morgan fingerprint density at radius 3 is 2.65 bits per heavy atom. The number of benzene rings is 1. The maximum absolute atomic E-state index is 13.4. The van der Waals surface area contributed by atoms with Crippen molar-refractivity contribution >= 4 is 0 Å². The third-order valence-corrected chi connectivity index (χ3v) is 4.70. The zero-order valence-electron chi connectivity index (χ0n) is 12.4. The average Bonchev–Trinajstić information content (AvgIpc) is 3.28. The summed E-state index contributed by atoms with van der Waals surface area (Å²) in [6, 6.07) is 5.92. The lowest BCUT2D eigenvalue weighted by Gasteiger charge is -2.30. The fourth-order valence-corrected chi connectivity index (χ4v) is 3.21. The quantitative estimate of drug-likeness (QED) is 0.889. The minimum absolute atomic E-state index is 0.108. The van der Waals surface area contributed by atoms with Crippen LogP contribution < -0.4 is 5.32 Å². The molecule has 0 spiro atoms. The monoisotopic (exact) mass is 276 g/mol. The van der Waals surface area contributed by atoms with Gasteiger partial charge in [-0.15, -0.1) is 0 Å². The van der Waals surface area contributed by atoms with Crippen molar-refractivity contribution < 1.29 is 4.39 Å². The average molecular weight is 276 g/mol. The van der Waals surface area contributed by atoms with Gasteiger partial charge in [0.2, 0.25) is 0 Å². The van der Waals surface area contributed by atoms with Gasteiger partial charge in [-0.3, -0.25) is 4.90 Å². The van der Waals surface area contributed by atoms with E-state index in [0.717, 1.165) is 37.2 Å². The van der Waals surface area contributed by atoms with E-state index in [9.17, 15) is 4.39 Å². The highest BCUT2D eigenvalue weighted by atomic mass is 19.1. The standard InChI is InChI=1S/C17H25FN2/c1-13-2-3-16(18)10-15(13)12-20(17-4-5-17)11-14-6-8-19-9-7-14/h2-3,10,14,17,19H,4-9,11-12H2,1H3. The molecular weight excluding hydrogens is 251 g/mol. The van der Waals surface area contributed by atoms with Crippen LogP contribution in [0.2, 0.25) is 0 Å². The molecule has 0 atom stereocenters. The number of nitrogens with zero attached hydrogens (tertiary/aromatic N) is 1. The van der Waals surface area contributed by atoms with Gasteiger partial charge in [-0.1, -0.05) is 6.07 Å². The second kappa shape index (κ2) is 6.23. The van der Waals surface area contributed by atoms with E-state index in [1.807, 2.05) is 6.07 Å².